The molecule has 0 spiro atoms. The average molecular weight is 628 g/mol. The molecule has 3 heterocycles. The van der Waals surface area contributed by atoms with Gasteiger partial charge in [-0.15, -0.1) is 0 Å². The second-order valence-corrected chi connectivity index (χ2v) is 11.6. The van der Waals surface area contributed by atoms with E-state index in [0.717, 1.165) is 25.2 Å². The van der Waals surface area contributed by atoms with Crippen molar-refractivity contribution in [3.63, 3.8) is 0 Å². The van der Waals surface area contributed by atoms with Crippen molar-refractivity contribution in [2.75, 3.05) is 39.5 Å². The molecule has 0 unspecified atom stereocenters. The van der Waals surface area contributed by atoms with E-state index in [-0.39, 0.29) is 34.4 Å². The van der Waals surface area contributed by atoms with Crippen LogP contribution in [0.2, 0.25) is 0 Å². The highest BCUT2D eigenvalue weighted by Crippen LogP contribution is 2.44. The van der Waals surface area contributed by atoms with E-state index in [4.69, 9.17) is 18.7 Å². The molecule has 0 bridgehead atoms. The summed E-state index contributed by atoms with van der Waals surface area (Å²) in [5.41, 5.74) is 3.09. The molecule has 45 heavy (non-hydrogen) atoms. The van der Waals surface area contributed by atoms with Gasteiger partial charge in [0.1, 0.15) is 35.9 Å². The second-order valence-electron chi connectivity index (χ2n) is 11.6. The number of hydrogen-bond donors (Lipinski definition) is 6. The maximum absolute atomic E-state index is 13.1. The lowest BCUT2D eigenvalue weighted by Crippen LogP contribution is -2.60. The number of aliphatic hydroxyl groups excluding tert-OH is 4. The number of carbonyl (C=O) groups is 1. The minimum atomic E-state index is -1.63. The predicted octanol–water partition coefficient (Wildman–Crippen LogP) is 1.60. The summed E-state index contributed by atoms with van der Waals surface area (Å²) in [5, 5.41) is 58.6. The molecule has 2 fully saturated rings. The third-order valence-electron chi connectivity index (χ3n) is 8.08. The molecule has 0 saturated carbocycles. The predicted molar refractivity (Wildman–Crippen MR) is 162 cm³/mol. The summed E-state index contributed by atoms with van der Waals surface area (Å²) in [6, 6.07) is 10.7. The van der Waals surface area contributed by atoms with Crippen LogP contribution in [0.3, 0.4) is 0 Å². The van der Waals surface area contributed by atoms with Crippen LogP contribution in [0.5, 0.6) is 11.5 Å². The van der Waals surface area contributed by atoms with Crippen LogP contribution in [0.1, 0.15) is 48.3 Å². The van der Waals surface area contributed by atoms with Crippen molar-refractivity contribution in [3.8, 4) is 33.9 Å². The normalized spacial score (nSPS) is 24.1. The molecule has 2 aliphatic rings. The molecule has 6 N–H and O–H groups in total. The number of phenols is 1. The first-order valence-electron chi connectivity index (χ1n) is 15.1. The molecular weight excluding hydrogens is 586 g/mol. The highest BCUT2D eigenvalue weighted by Gasteiger charge is 2.45. The van der Waals surface area contributed by atoms with Gasteiger partial charge in [-0.1, -0.05) is 43.3 Å². The SMILES string of the molecule is CCNC(=O)c1noc(-c2cc(C(C)C)c(O[C@@H]3O[C@H](CO)[C@H](O)[C@H](O)[C@H]3O)cc2O)c1-c1ccc(CN2CCOCC2)cc1. The first kappa shape index (κ1) is 32.8. The largest absolute Gasteiger partial charge is 0.507 e. The number of aromatic nitrogens is 1. The monoisotopic (exact) mass is 627 g/mol. The summed E-state index contributed by atoms with van der Waals surface area (Å²) in [5.74, 6) is -0.532. The number of ether oxygens (including phenoxy) is 3. The van der Waals surface area contributed by atoms with Crippen molar-refractivity contribution in [2.45, 2.75) is 63.9 Å². The fourth-order valence-electron chi connectivity index (χ4n) is 5.55. The van der Waals surface area contributed by atoms with Gasteiger partial charge in [-0.3, -0.25) is 9.69 Å². The van der Waals surface area contributed by atoms with Crippen LogP contribution < -0.4 is 10.1 Å². The standard InChI is InChI=1S/C32H41N3O10/c1-4-33-31(41)26-25(19-7-5-18(6-8-19)15-35-9-11-42-12-10-35)30(45-34-26)21-13-20(17(2)3)23(14-22(21)37)43-32-29(40)28(39)27(38)24(16-36)44-32/h5-8,13-14,17,24,27-29,32,36-40H,4,9-12,15-16H2,1-3H3,(H,33,41)/t24-,27+,28+,29-,32-/m1/s1. The van der Waals surface area contributed by atoms with Gasteiger partial charge < -0.3 is 49.6 Å². The van der Waals surface area contributed by atoms with Crippen LogP contribution in [0.15, 0.2) is 40.9 Å². The van der Waals surface area contributed by atoms with Gasteiger partial charge in [0.05, 0.1) is 30.9 Å². The van der Waals surface area contributed by atoms with Gasteiger partial charge >= 0.3 is 0 Å². The van der Waals surface area contributed by atoms with E-state index in [9.17, 15) is 30.3 Å². The lowest BCUT2D eigenvalue weighted by molar-refractivity contribution is -0.277. The lowest BCUT2D eigenvalue weighted by atomic mass is 9.93. The Bertz CT molecular complexity index is 1450. The molecule has 0 aliphatic carbocycles. The number of nitrogens with one attached hydrogen (secondary N) is 1. The van der Waals surface area contributed by atoms with E-state index < -0.39 is 43.2 Å². The van der Waals surface area contributed by atoms with Gasteiger partial charge in [0.2, 0.25) is 6.29 Å². The number of amides is 1. The van der Waals surface area contributed by atoms with Crippen molar-refractivity contribution in [2.24, 2.45) is 0 Å². The minimum Gasteiger partial charge on any atom is -0.507 e. The van der Waals surface area contributed by atoms with Crippen molar-refractivity contribution in [3.05, 3.63) is 53.2 Å². The number of benzene rings is 2. The zero-order valence-corrected chi connectivity index (χ0v) is 25.5. The number of nitrogens with zero attached hydrogens (tertiary/aromatic N) is 2. The molecule has 1 amide bonds. The Balaban J connectivity index is 1.51. The van der Waals surface area contributed by atoms with Crippen LogP contribution in [-0.2, 0) is 16.0 Å². The summed E-state index contributed by atoms with van der Waals surface area (Å²) in [4.78, 5) is 15.4. The molecule has 13 heteroatoms. The number of phenolic OH excluding ortho intramolecular Hbond substituents is 1. The first-order valence-corrected chi connectivity index (χ1v) is 15.1. The number of carbonyl (C=O) groups excluding carboxylic acids is 1. The summed E-state index contributed by atoms with van der Waals surface area (Å²) in [7, 11) is 0. The minimum absolute atomic E-state index is 0.0694. The van der Waals surface area contributed by atoms with Crippen molar-refractivity contribution < 1.29 is 49.1 Å². The highest BCUT2D eigenvalue weighted by atomic mass is 16.7. The van der Waals surface area contributed by atoms with Crippen molar-refractivity contribution >= 4 is 5.91 Å². The van der Waals surface area contributed by atoms with E-state index in [2.05, 4.69) is 15.4 Å². The van der Waals surface area contributed by atoms with Crippen LogP contribution >= 0.6 is 0 Å². The molecule has 2 saturated heterocycles. The molecule has 1 aromatic heterocycles. The summed E-state index contributed by atoms with van der Waals surface area (Å²) < 4.78 is 22.6. The fourth-order valence-corrected chi connectivity index (χ4v) is 5.55. The second kappa shape index (κ2) is 14.3. The van der Waals surface area contributed by atoms with Gasteiger partial charge in [-0.25, -0.2) is 0 Å². The summed E-state index contributed by atoms with van der Waals surface area (Å²) in [6.45, 7) is 9.23. The number of aliphatic hydroxyl groups is 4. The zero-order valence-electron chi connectivity index (χ0n) is 25.5. The number of hydrogen-bond acceptors (Lipinski definition) is 12. The molecule has 3 aromatic rings. The Morgan fingerprint density at radius 2 is 1.80 bits per heavy atom. The maximum Gasteiger partial charge on any atom is 0.274 e. The van der Waals surface area contributed by atoms with E-state index >= 15 is 0 Å². The van der Waals surface area contributed by atoms with Gasteiger partial charge in [-0.05, 0) is 35.6 Å². The maximum atomic E-state index is 13.1. The van der Waals surface area contributed by atoms with E-state index in [1.54, 1.807) is 13.0 Å². The average Bonchev–Trinajstić information content (AvgIpc) is 3.47. The highest BCUT2D eigenvalue weighted by molar-refractivity contribution is 6.02. The van der Waals surface area contributed by atoms with Gasteiger partial charge in [0.15, 0.2) is 11.5 Å². The molecule has 5 atom stereocenters. The lowest BCUT2D eigenvalue weighted by Gasteiger charge is -2.39. The fraction of sp³-hybridized carbons (Fsp3) is 0.500. The number of rotatable bonds is 10. The molecule has 13 nitrogen and oxygen atoms in total. The number of aromatic hydroxyl groups is 1. The Labute approximate surface area is 260 Å². The van der Waals surface area contributed by atoms with Crippen LogP contribution in [0.25, 0.3) is 22.5 Å². The smallest absolute Gasteiger partial charge is 0.274 e. The first-order chi connectivity index (χ1) is 21.6. The quantitative estimate of drug-likeness (QED) is 0.191. The third kappa shape index (κ3) is 6.99. The topological polar surface area (TPSA) is 187 Å². The molecule has 5 rings (SSSR count). The molecule has 244 valence electrons. The Morgan fingerprint density at radius 3 is 2.44 bits per heavy atom. The molecule has 2 aromatic carbocycles. The van der Waals surface area contributed by atoms with Crippen molar-refractivity contribution in [1.82, 2.24) is 15.4 Å². The summed E-state index contributed by atoms with van der Waals surface area (Å²) >= 11 is 0. The van der Waals surface area contributed by atoms with Crippen LogP contribution in [0.4, 0.5) is 0 Å². The van der Waals surface area contributed by atoms with Gasteiger partial charge in [0, 0.05) is 32.2 Å². The van der Waals surface area contributed by atoms with E-state index in [1.165, 1.54) is 6.07 Å². The third-order valence-corrected chi connectivity index (χ3v) is 8.08. The van der Waals surface area contributed by atoms with Gasteiger partial charge in [-0.2, -0.15) is 0 Å². The Morgan fingerprint density at radius 1 is 1.09 bits per heavy atom. The van der Waals surface area contributed by atoms with Crippen LogP contribution in [0, 0.1) is 0 Å². The molecular formula is C32H41N3O10. The number of morpholine rings is 1. The van der Waals surface area contributed by atoms with Gasteiger partial charge in [0.25, 0.3) is 5.91 Å². The Kier molecular flexibility index (Phi) is 10.4. The van der Waals surface area contributed by atoms with Crippen molar-refractivity contribution in [1.29, 1.82) is 0 Å². The zero-order chi connectivity index (χ0) is 32.2. The molecule has 0 radical (unpaired) electrons. The van der Waals surface area contributed by atoms with E-state index in [0.29, 0.717) is 36.4 Å². The Hall–Kier alpha value is -3.56. The van der Waals surface area contributed by atoms with Crippen LogP contribution in [-0.4, -0.2) is 112 Å². The van der Waals surface area contributed by atoms with E-state index in [1.807, 2.05) is 38.1 Å². The summed E-state index contributed by atoms with van der Waals surface area (Å²) in [6.07, 6.45) is -7.39. The molecule has 2 aliphatic heterocycles.